The molecule has 3 aromatic rings. The number of carbonyl (C=O) groups is 1. The van der Waals surface area contributed by atoms with Crippen LogP contribution in [0.2, 0.25) is 0 Å². The molecule has 0 atom stereocenters. The van der Waals surface area contributed by atoms with Crippen molar-refractivity contribution in [3.05, 3.63) is 35.0 Å². The highest BCUT2D eigenvalue weighted by Gasteiger charge is 2.31. The zero-order valence-corrected chi connectivity index (χ0v) is 13.8. The molecular formula is C17H18N4O3. The largest absolute Gasteiger partial charge is 0.465 e. The molecule has 0 unspecified atom stereocenters. The summed E-state index contributed by atoms with van der Waals surface area (Å²) in [5, 5.41) is 3.99. The van der Waals surface area contributed by atoms with E-state index in [2.05, 4.69) is 10.1 Å². The van der Waals surface area contributed by atoms with Crippen LogP contribution in [-0.2, 0) is 4.74 Å². The van der Waals surface area contributed by atoms with Gasteiger partial charge in [-0.3, -0.25) is 0 Å². The Morgan fingerprint density at radius 1 is 1.38 bits per heavy atom. The average molecular weight is 326 g/mol. The van der Waals surface area contributed by atoms with Gasteiger partial charge in [0.15, 0.2) is 0 Å². The van der Waals surface area contributed by atoms with Crippen LogP contribution in [0, 0.1) is 13.8 Å². The Hall–Kier alpha value is -2.83. The summed E-state index contributed by atoms with van der Waals surface area (Å²) >= 11 is 0. The summed E-state index contributed by atoms with van der Waals surface area (Å²) in [5.74, 6) is 7.65. The normalized spacial score (nSPS) is 14.3. The Balaban J connectivity index is 2.02. The quantitative estimate of drug-likeness (QED) is 0.587. The van der Waals surface area contributed by atoms with Crippen molar-refractivity contribution in [2.45, 2.75) is 32.6 Å². The number of ether oxygens (including phenoxy) is 1. The smallest absolute Gasteiger partial charge is 0.340 e. The topological polar surface area (TPSA) is 96.2 Å². The van der Waals surface area contributed by atoms with Crippen LogP contribution in [0.5, 0.6) is 0 Å². The molecule has 0 spiro atoms. The van der Waals surface area contributed by atoms with Crippen LogP contribution in [0.25, 0.3) is 22.2 Å². The van der Waals surface area contributed by atoms with E-state index in [0.29, 0.717) is 28.3 Å². The number of benzene rings is 1. The van der Waals surface area contributed by atoms with Gasteiger partial charge in [0.1, 0.15) is 17.1 Å². The molecular weight excluding hydrogens is 308 g/mol. The van der Waals surface area contributed by atoms with Crippen molar-refractivity contribution in [2.24, 2.45) is 0 Å². The van der Waals surface area contributed by atoms with E-state index in [1.165, 1.54) is 11.8 Å². The zero-order chi connectivity index (χ0) is 17.0. The van der Waals surface area contributed by atoms with Gasteiger partial charge < -0.3 is 15.1 Å². The molecule has 2 aromatic heterocycles. The first-order chi connectivity index (χ1) is 11.5. The molecule has 24 heavy (non-hydrogen) atoms. The molecule has 2 N–H and O–H groups in total. The maximum atomic E-state index is 12.3. The lowest BCUT2D eigenvalue weighted by Crippen LogP contribution is -2.14. The first kappa shape index (κ1) is 14.7. The monoisotopic (exact) mass is 326 g/mol. The number of methoxy groups -OCH3 is 1. The number of nitrogens with two attached hydrogens (primary N) is 1. The second kappa shape index (κ2) is 5.09. The Labute approximate surface area is 138 Å². The average Bonchev–Trinajstić information content (AvgIpc) is 3.28. The fraction of sp³-hybridized carbons (Fsp3) is 0.353. The van der Waals surface area contributed by atoms with E-state index in [1.807, 2.05) is 19.9 Å². The Morgan fingerprint density at radius 2 is 2.12 bits per heavy atom. The first-order valence-electron chi connectivity index (χ1n) is 7.84. The van der Waals surface area contributed by atoms with E-state index in [4.69, 9.17) is 15.1 Å². The van der Waals surface area contributed by atoms with Crippen LogP contribution in [0.15, 0.2) is 16.7 Å². The number of nitrogen functional groups attached to an aromatic ring is 1. The lowest BCUT2D eigenvalue weighted by molar-refractivity contribution is 0.0602. The molecule has 0 bridgehead atoms. The minimum Gasteiger partial charge on any atom is -0.465 e. The third kappa shape index (κ3) is 2.08. The second-order valence-electron chi connectivity index (χ2n) is 6.20. The lowest BCUT2D eigenvalue weighted by Gasteiger charge is -2.08. The minimum atomic E-state index is -0.442. The standard InChI is InChI=1S/C17H18N4O3/c1-8-14(9(2)24-20-8)11-6-12(17(22)23-3)15-13(7-11)19-16(21(15)18)10-4-5-10/h6-7,10H,4-5,18H2,1-3H3. The summed E-state index contributed by atoms with van der Waals surface area (Å²) in [6.07, 6.45) is 2.15. The van der Waals surface area contributed by atoms with Gasteiger partial charge in [-0.1, -0.05) is 5.16 Å². The minimum absolute atomic E-state index is 0.371. The predicted molar refractivity (Wildman–Crippen MR) is 88.2 cm³/mol. The van der Waals surface area contributed by atoms with Gasteiger partial charge in [-0.15, -0.1) is 0 Å². The third-order valence-electron chi connectivity index (χ3n) is 4.48. The molecule has 1 aliphatic carbocycles. The second-order valence-corrected chi connectivity index (χ2v) is 6.20. The molecule has 7 nitrogen and oxygen atoms in total. The van der Waals surface area contributed by atoms with Gasteiger partial charge in [-0.25, -0.2) is 14.5 Å². The highest BCUT2D eigenvalue weighted by Crippen LogP contribution is 2.41. The Morgan fingerprint density at radius 3 is 2.71 bits per heavy atom. The Bertz CT molecular complexity index is 947. The number of rotatable bonds is 3. The maximum absolute atomic E-state index is 12.3. The molecule has 1 saturated carbocycles. The molecule has 1 fully saturated rings. The van der Waals surface area contributed by atoms with Gasteiger partial charge in [0.25, 0.3) is 0 Å². The molecule has 0 amide bonds. The predicted octanol–water partition coefficient (Wildman–Crippen LogP) is 2.69. The molecule has 0 radical (unpaired) electrons. The van der Waals surface area contributed by atoms with Gasteiger partial charge in [-0.2, -0.15) is 0 Å². The number of hydrogen-bond acceptors (Lipinski definition) is 6. The summed E-state index contributed by atoms with van der Waals surface area (Å²) in [6, 6.07) is 3.69. The fourth-order valence-corrected chi connectivity index (χ4v) is 3.18. The van der Waals surface area contributed by atoms with Crippen LogP contribution >= 0.6 is 0 Å². The Kier molecular flexibility index (Phi) is 3.13. The SMILES string of the molecule is COC(=O)c1cc(-c2c(C)noc2C)cc2nc(C3CC3)n(N)c12. The van der Waals surface area contributed by atoms with Crippen LogP contribution in [-0.4, -0.2) is 27.9 Å². The highest BCUT2D eigenvalue weighted by molar-refractivity contribution is 6.04. The van der Waals surface area contributed by atoms with Crippen molar-refractivity contribution in [3.8, 4) is 11.1 Å². The van der Waals surface area contributed by atoms with Crippen molar-refractivity contribution < 1.29 is 14.1 Å². The van der Waals surface area contributed by atoms with E-state index in [0.717, 1.165) is 35.5 Å². The van der Waals surface area contributed by atoms with E-state index in [1.54, 1.807) is 6.07 Å². The van der Waals surface area contributed by atoms with E-state index < -0.39 is 5.97 Å². The number of nitrogens with zero attached hydrogens (tertiary/aromatic N) is 3. The van der Waals surface area contributed by atoms with Crippen molar-refractivity contribution >= 4 is 17.0 Å². The van der Waals surface area contributed by atoms with Crippen molar-refractivity contribution in [2.75, 3.05) is 13.0 Å². The summed E-state index contributed by atoms with van der Waals surface area (Å²) in [4.78, 5) is 17.0. The molecule has 1 aromatic carbocycles. The molecule has 4 rings (SSSR count). The van der Waals surface area contributed by atoms with Crippen LogP contribution < -0.4 is 5.84 Å². The van der Waals surface area contributed by atoms with Crippen LogP contribution in [0.1, 0.15) is 46.4 Å². The zero-order valence-electron chi connectivity index (χ0n) is 13.8. The van der Waals surface area contributed by atoms with Gasteiger partial charge in [0.05, 0.1) is 23.9 Å². The van der Waals surface area contributed by atoms with E-state index >= 15 is 0 Å². The van der Waals surface area contributed by atoms with Crippen LogP contribution in [0.3, 0.4) is 0 Å². The number of imidazole rings is 1. The third-order valence-corrected chi connectivity index (χ3v) is 4.48. The van der Waals surface area contributed by atoms with Gasteiger partial charge >= 0.3 is 5.97 Å². The lowest BCUT2D eigenvalue weighted by atomic mass is 10.0. The molecule has 0 saturated heterocycles. The summed E-state index contributed by atoms with van der Waals surface area (Å²) in [6.45, 7) is 3.71. The number of carbonyl (C=O) groups excluding carboxylic acids is 1. The summed E-state index contributed by atoms with van der Waals surface area (Å²) < 4.78 is 11.7. The summed E-state index contributed by atoms with van der Waals surface area (Å²) in [5.41, 5.74) is 4.11. The fourth-order valence-electron chi connectivity index (χ4n) is 3.18. The molecule has 0 aliphatic heterocycles. The van der Waals surface area contributed by atoms with Crippen molar-refractivity contribution in [1.82, 2.24) is 14.8 Å². The maximum Gasteiger partial charge on any atom is 0.340 e. The van der Waals surface area contributed by atoms with E-state index in [9.17, 15) is 4.79 Å². The summed E-state index contributed by atoms with van der Waals surface area (Å²) in [7, 11) is 1.36. The molecule has 7 heteroatoms. The number of aromatic nitrogens is 3. The van der Waals surface area contributed by atoms with Crippen LogP contribution in [0.4, 0.5) is 0 Å². The number of fused-ring (bicyclic) bond motifs is 1. The van der Waals surface area contributed by atoms with Gasteiger partial charge in [-0.05, 0) is 44.4 Å². The molecule has 1 aliphatic rings. The first-order valence-corrected chi connectivity index (χ1v) is 7.84. The highest BCUT2D eigenvalue weighted by atomic mass is 16.5. The van der Waals surface area contributed by atoms with Gasteiger partial charge in [0.2, 0.25) is 0 Å². The molecule has 124 valence electrons. The van der Waals surface area contributed by atoms with Crippen molar-refractivity contribution in [1.29, 1.82) is 0 Å². The number of esters is 1. The van der Waals surface area contributed by atoms with Crippen molar-refractivity contribution in [3.63, 3.8) is 0 Å². The number of aryl methyl sites for hydroxylation is 2. The molecule has 2 heterocycles. The van der Waals surface area contributed by atoms with Gasteiger partial charge in [0, 0.05) is 11.5 Å². The van der Waals surface area contributed by atoms with E-state index in [-0.39, 0.29) is 0 Å². The number of hydrogen-bond donors (Lipinski definition) is 1.